The fourth-order valence-electron chi connectivity index (χ4n) is 2.46. The van der Waals surface area contributed by atoms with Crippen LogP contribution in [0.1, 0.15) is 37.8 Å². The number of rotatable bonds is 5. The summed E-state index contributed by atoms with van der Waals surface area (Å²) in [5, 5.41) is 0. The minimum absolute atomic E-state index is 0.0242. The summed E-state index contributed by atoms with van der Waals surface area (Å²) < 4.78 is 5.88. The molecule has 0 radical (unpaired) electrons. The molecular weight excluding hydrogens is 224 g/mol. The molecule has 1 aromatic carbocycles. The van der Waals surface area contributed by atoms with Crippen LogP contribution in [0.3, 0.4) is 0 Å². The summed E-state index contributed by atoms with van der Waals surface area (Å²) in [5.74, 6) is 0.935. The lowest BCUT2D eigenvalue weighted by atomic mass is 10.1. The minimum Gasteiger partial charge on any atom is -0.492 e. The van der Waals surface area contributed by atoms with Gasteiger partial charge in [-0.2, -0.15) is 0 Å². The standard InChI is InChI=1S/C15H24N2O/c1-13(16)14-7-3-4-8-15(14)18-12-11-17-9-5-2-6-10-17/h3-4,7-8,13H,2,5-6,9-12,16H2,1H3. The maximum Gasteiger partial charge on any atom is 0.124 e. The van der Waals surface area contributed by atoms with Gasteiger partial charge in [0.05, 0.1) is 0 Å². The number of benzene rings is 1. The van der Waals surface area contributed by atoms with E-state index >= 15 is 0 Å². The lowest BCUT2D eigenvalue weighted by molar-refractivity contribution is 0.182. The molecule has 0 aromatic heterocycles. The maximum absolute atomic E-state index is 5.94. The van der Waals surface area contributed by atoms with E-state index in [9.17, 15) is 0 Å². The Labute approximate surface area is 110 Å². The molecule has 0 aliphatic carbocycles. The second kappa shape index (κ2) is 6.76. The summed E-state index contributed by atoms with van der Waals surface area (Å²) in [6.07, 6.45) is 4.04. The van der Waals surface area contributed by atoms with Gasteiger partial charge in [-0.1, -0.05) is 24.6 Å². The van der Waals surface area contributed by atoms with Gasteiger partial charge in [0.1, 0.15) is 12.4 Å². The van der Waals surface area contributed by atoms with Crippen LogP contribution in [0.25, 0.3) is 0 Å². The van der Waals surface area contributed by atoms with E-state index in [1.807, 2.05) is 31.2 Å². The number of para-hydroxylation sites is 1. The Morgan fingerprint density at radius 1 is 1.22 bits per heavy atom. The first-order chi connectivity index (χ1) is 8.77. The number of ether oxygens (including phenoxy) is 1. The van der Waals surface area contributed by atoms with Crippen molar-refractivity contribution in [3.63, 3.8) is 0 Å². The van der Waals surface area contributed by atoms with Crippen LogP contribution >= 0.6 is 0 Å². The summed E-state index contributed by atoms with van der Waals surface area (Å²) in [6.45, 7) is 6.21. The first-order valence-corrected chi connectivity index (χ1v) is 6.97. The van der Waals surface area contributed by atoms with Crippen LogP contribution in [0.15, 0.2) is 24.3 Å². The molecule has 0 spiro atoms. The second-order valence-electron chi connectivity index (χ2n) is 5.08. The van der Waals surface area contributed by atoms with E-state index in [1.54, 1.807) is 0 Å². The Hall–Kier alpha value is -1.06. The Morgan fingerprint density at radius 2 is 1.94 bits per heavy atom. The Morgan fingerprint density at radius 3 is 2.67 bits per heavy atom. The molecule has 1 heterocycles. The molecule has 1 fully saturated rings. The van der Waals surface area contributed by atoms with Gasteiger partial charge in [0, 0.05) is 18.2 Å². The van der Waals surface area contributed by atoms with E-state index in [0.717, 1.165) is 24.5 Å². The van der Waals surface area contributed by atoms with E-state index in [0.29, 0.717) is 0 Å². The van der Waals surface area contributed by atoms with Crippen molar-refractivity contribution in [2.45, 2.75) is 32.2 Å². The van der Waals surface area contributed by atoms with E-state index < -0.39 is 0 Å². The first kappa shape index (κ1) is 13.4. The van der Waals surface area contributed by atoms with Gasteiger partial charge in [0.2, 0.25) is 0 Å². The third-order valence-corrected chi connectivity index (χ3v) is 3.52. The minimum atomic E-state index is 0.0242. The average molecular weight is 248 g/mol. The molecule has 1 aliphatic heterocycles. The molecule has 0 bridgehead atoms. The predicted molar refractivity (Wildman–Crippen MR) is 74.8 cm³/mol. The van der Waals surface area contributed by atoms with Crippen molar-refractivity contribution in [3.8, 4) is 5.75 Å². The monoisotopic (exact) mass is 248 g/mol. The van der Waals surface area contributed by atoms with Crippen molar-refractivity contribution in [2.24, 2.45) is 5.73 Å². The largest absolute Gasteiger partial charge is 0.492 e. The van der Waals surface area contributed by atoms with Crippen molar-refractivity contribution in [2.75, 3.05) is 26.2 Å². The number of piperidine rings is 1. The maximum atomic E-state index is 5.94. The topological polar surface area (TPSA) is 38.5 Å². The van der Waals surface area contributed by atoms with Gasteiger partial charge >= 0.3 is 0 Å². The molecule has 2 N–H and O–H groups in total. The Balaban J connectivity index is 1.82. The van der Waals surface area contributed by atoms with Crippen molar-refractivity contribution >= 4 is 0 Å². The smallest absolute Gasteiger partial charge is 0.124 e. The second-order valence-corrected chi connectivity index (χ2v) is 5.08. The van der Waals surface area contributed by atoms with Gasteiger partial charge in [-0.15, -0.1) is 0 Å². The molecule has 1 aliphatic rings. The highest BCUT2D eigenvalue weighted by Gasteiger charge is 2.11. The Kier molecular flexibility index (Phi) is 5.02. The number of nitrogens with zero attached hydrogens (tertiary/aromatic N) is 1. The van der Waals surface area contributed by atoms with Crippen LogP contribution in [0.2, 0.25) is 0 Å². The molecule has 1 unspecified atom stereocenters. The highest BCUT2D eigenvalue weighted by molar-refractivity contribution is 5.35. The molecule has 1 saturated heterocycles. The highest BCUT2D eigenvalue weighted by atomic mass is 16.5. The Bertz CT molecular complexity index is 359. The highest BCUT2D eigenvalue weighted by Crippen LogP contribution is 2.23. The van der Waals surface area contributed by atoms with Gasteiger partial charge in [-0.05, 0) is 38.9 Å². The fourth-order valence-corrected chi connectivity index (χ4v) is 2.46. The van der Waals surface area contributed by atoms with Gasteiger partial charge in [0.15, 0.2) is 0 Å². The van der Waals surface area contributed by atoms with Gasteiger partial charge in [-0.3, -0.25) is 4.90 Å². The molecule has 2 rings (SSSR count). The summed E-state index contributed by atoms with van der Waals surface area (Å²) >= 11 is 0. The van der Waals surface area contributed by atoms with Crippen molar-refractivity contribution in [3.05, 3.63) is 29.8 Å². The number of likely N-dealkylation sites (tertiary alicyclic amines) is 1. The molecule has 18 heavy (non-hydrogen) atoms. The van der Waals surface area contributed by atoms with E-state index in [1.165, 1.54) is 32.4 Å². The fraction of sp³-hybridized carbons (Fsp3) is 0.600. The van der Waals surface area contributed by atoms with Crippen LogP contribution in [-0.2, 0) is 0 Å². The van der Waals surface area contributed by atoms with E-state index in [4.69, 9.17) is 10.5 Å². The summed E-state index contributed by atoms with van der Waals surface area (Å²) in [5.41, 5.74) is 7.03. The van der Waals surface area contributed by atoms with Gasteiger partial charge < -0.3 is 10.5 Å². The molecular formula is C15H24N2O. The summed E-state index contributed by atoms with van der Waals surface area (Å²) in [4.78, 5) is 2.48. The first-order valence-electron chi connectivity index (χ1n) is 6.97. The van der Waals surface area contributed by atoms with Crippen molar-refractivity contribution in [1.29, 1.82) is 0 Å². The number of nitrogens with two attached hydrogens (primary N) is 1. The van der Waals surface area contributed by atoms with Crippen LogP contribution < -0.4 is 10.5 Å². The molecule has 1 aromatic rings. The lowest BCUT2D eigenvalue weighted by Crippen LogP contribution is -2.33. The SMILES string of the molecule is CC(N)c1ccccc1OCCN1CCCCC1. The normalized spacial score (nSPS) is 18.6. The summed E-state index contributed by atoms with van der Waals surface area (Å²) in [7, 11) is 0. The van der Waals surface area contributed by atoms with Crippen LogP contribution in [-0.4, -0.2) is 31.1 Å². The van der Waals surface area contributed by atoms with E-state index in [2.05, 4.69) is 4.90 Å². The summed E-state index contributed by atoms with van der Waals surface area (Å²) in [6, 6.07) is 8.09. The van der Waals surface area contributed by atoms with Gasteiger partial charge in [0.25, 0.3) is 0 Å². The lowest BCUT2D eigenvalue weighted by Gasteiger charge is -2.26. The molecule has 1 atom stereocenters. The van der Waals surface area contributed by atoms with Crippen LogP contribution in [0.4, 0.5) is 0 Å². The molecule has 0 amide bonds. The zero-order chi connectivity index (χ0) is 12.8. The number of hydrogen-bond donors (Lipinski definition) is 1. The predicted octanol–water partition coefficient (Wildman–Crippen LogP) is 2.57. The zero-order valence-corrected chi connectivity index (χ0v) is 11.3. The molecule has 3 heteroatoms. The van der Waals surface area contributed by atoms with Crippen LogP contribution in [0.5, 0.6) is 5.75 Å². The van der Waals surface area contributed by atoms with Gasteiger partial charge in [-0.25, -0.2) is 0 Å². The average Bonchev–Trinajstić information content (AvgIpc) is 2.40. The molecule has 100 valence electrons. The van der Waals surface area contributed by atoms with Crippen molar-refractivity contribution < 1.29 is 4.74 Å². The van der Waals surface area contributed by atoms with Crippen molar-refractivity contribution in [1.82, 2.24) is 4.90 Å². The quantitative estimate of drug-likeness (QED) is 0.870. The molecule has 3 nitrogen and oxygen atoms in total. The van der Waals surface area contributed by atoms with Crippen LogP contribution in [0, 0.1) is 0 Å². The van der Waals surface area contributed by atoms with E-state index in [-0.39, 0.29) is 6.04 Å². The zero-order valence-electron chi connectivity index (χ0n) is 11.3. The molecule has 0 saturated carbocycles. The third kappa shape index (κ3) is 3.72. The number of hydrogen-bond acceptors (Lipinski definition) is 3. The third-order valence-electron chi connectivity index (χ3n) is 3.52.